The third-order valence-electron chi connectivity index (χ3n) is 1.87. The molecular weight excluding hydrogens is 184 g/mol. The smallest absolute Gasteiger partial charge is 0.330 e. The summed E-state index contributed by atoms with van der Waals surface area (Å²) in [6, 6.07) is 0.736. The van der Waals surface area contributed by atoms with Crippen molar-refractivity contribution in [1.82, 2.24) is 9.78 Å². The molecular formula is C9H12N2O3. The second-order valence-corrected chi connectivity index (χ2v) is 3.01. The van der Waals surface area contributed by atoms with Gasteiger partial charge >= 0.3 is 5.97 Å². The van der Waals surface area contributed by atoms with Gasteiger partial charge in [-0.2, -0.15) is 5.10 Å². The first-order valence-electron chi connectivity index (χ1n) is 4.19. The van der Waals surface area contributed by atoms with Crippen molar-refractivity contribution in [2.75, 3.05) is 7.11 Å². The Labute approximate surface area is 81.3 Å². The summed E-state index contributed by atoms with van der Waals surface area (Å²) in [4.78, 5) is 22.5. The Bertz CT molecular complexity index is 397. The molecule has 1 heterocycles. The van der Waals surface area contributed by atoms with Crippen LogP contribution in [0.2, 0.25) is 0 Å². The van der Waals surface area contributed by atoms with Crippen molar-refractivity contribution in [3.8, 4) is 0 Å². The average Bonchev–Trinajstić information content (AvgIpc) is 2.15. The highest BCUT2D eigenvalue weighted by Gasteiger charge is 2.16. The van der Waals surface area contributed by atoms with Crippen molar-refractivity contribution in [2.24, 2.45) is 0 Å². The van der Waals surface area contributed by atoms with Gasteiger partial charge in [-0.05, 0) is 19.4 Å². The highest BCUT2D eigenvalue weighted by Crippen LogP contribution is 2.01. The molecule has 0 aliphatic heterocycles. The fourth-order valence-corrected chi connectivity index (χ4v) is 1.07. The first-order chi connectivity index (χ1) is 6.56. The van der Waals surface area contributed by atoms with Crippen LogP contribution in [0.4, 0.5) is 0 Å². The molecule has 0 aliphatic carbocycles. The Balaban J connectivity index is 3.08. The van der Waals surface area contributed by atoms with Gasteiger partial charge < -0.3 is 4.74 Å². The highest BCUT2D eigenvalue weighted by atomic mass is 16.5. The number of aromatic nitrogens is 2. The first kappa shape index (κ1) is 10.4. The number of rotatable bonds is 2. The second-order valence-electron chi connectivity index (χ2n) is 3.01. The molecule has 0 unspecified atom stereocenters. The molecule has 0 bridgehead atoms. The maximum Gasteiger partial charge on any atom is 0.330 e. The minimum Gasteiger partial charge on any atom is -0.467 e. The molecule has 5 nitrogen and oxygen atoms in total. The quantitative estimate of drug-likeness (QED) is 0.638. The monoisotopic (exact) mass is 196 g/mol. The van der Waals surface area contributed by atoms with E-state index >= 15 is 0 Å². The van der Waals surface area contributed by atoms with Crippen LogP contribution in [0.1, 0.15) is 18.5 Å². The van der Waals surface area contributed by atoms with Crippen molar-refractivity contribution in [1.29, 1.82) is 0 Å². The van der Waals surface area contributed by atoms with Crippen molar-refractivity contribution in [2.45, 2.75) is 19.9 Å². The molecule has 76 valence electrons. The molecule has 1 atom stereocenters. The lowest BCUT2D eigenvalue weighted by molar-refractivity contribution is -0.144. The molecule has 0 aromatic carbocycles. The number of carbonyl (C=O) groups is 1. The van der Waals surface area contributed by atoms with Crippen LogP contribution < -0.4 is 5.56 Å². The first-order valence-corrected chi connectivity index (χ1v) is 4.19. The number of aryl methyl sites for hydroxylation is 1. The Morgan fingerprint density at radius 1 is 1.64 bits per heavy atom. The van der Waals surface area contributed by atoms with Gasteiger partial charge in [0.25, 0.3) is 5.56 Å². The normalized spacial score (nSPS) is 12.2. The molecule has 1 rings (SSSR count). The van der Waals surface area contributed by atoms with Gasteiger partial charge in [0.15, 0.2) is 6.04 Å². The zero-order valence-electron chi connectivity index (χ0n) is 8.35. The Morgan fingerprint density at radius 3 is 2.79 bits per heavy atom. The Kier molecular flexibility index (Phi) is 3.01. The summed E-state index contributed by atoms with van der Waals surface area (Å²) in [5.41, 5.74) is 0.464. The van der Waals surface area contributed by atoms with Crippen molar-refractivity contribution in [3.63, 3.8) is 0 Å². The number of nitrogens with zero attached hydrogens (tertiary/aromatic N) is 2. The van der Waals surface area contributed by atoms with E-state index in [0.717, 1.165) is 10.2 Å². The molecule has 0 saturated heterocycles. The van der Waals surface area contributed by atoms with Crippen molar-refractivity contribution in [3.05, 3.63) is 28.2 Å². The van der Waals surface area contributed by atoms with Crippen LogP contribution in [0, 0.1) is 6.92 Å². The molecule has 0 amide bonds. The van der Waals surface area contributed by atoms with E-state index in [4.69, 9.17) is 0 Å². The van der Waals surface area contributed by atoms with Crippen LogP contribution in [0.5, 0.6) is 0 Å². The fourth-order valence-electron chi connectivity index (χ4n) is 1.07. The van der Waals surface area contributed by atoms with Gasteiger partial charge in [-0.25, -0.2) is 9.48 Å². The Hall–Kier alpha value is -1.65. The number of hydrogen-bond donors (Lipinski definition) is 0. The molecule has 0 fully saturated rings. The zero-order valence-corrected chi connectivity index (χ0v) is 8.35. The van der Waals surface area contributed by atoms with Gasteiger partial charge in [0.05, 0.1) is 13.3 Å². The SMILES string of the molecule is COC(=O)[C@H](C)n1ncc(C)cc1=O. The van der Waals surface area contributed by atoms with Gasteiger partial charge in [-0.1, -0.05) is 0 Å². The van der Waals surface area contributed by atoms with E-state index < -0.39 is 12.0 Å². The van der Waals surface area contributed by atoms with Gasteiger partial charge in [-0.15, -0.1) is 0 Å². The number of carbonyl (C=O) groups excluding carboxylic acids is 1. The summed E-state index contributed by atoms with van der Waals surface area (Å²) in [5.74, 6) is -0.483. The van der Waals surface area contributed by atoms with E-state index in [9.17, 15) is 9.59 Å². The van der Waals surface area contributed by atoms with Crippen molar-refractivity contribution >= 4 is 5.97 Å². The predicted molar refractivity (Wildman–Crippen MR) is 50.0 cm³/mol. The summed E-state index contributed by atoms with van der Waals surface area (Å²) in [6.07, 6.45) is 1.53. The lowest BCUT2D eigenvalue weighted by Gasteiger charge is -2.10. The van der Waals surface area contributed by atoms with Crippen LogP contribution in [-0.4, -0.2) is 22.9 Å². The molecule has 0 N–H and O–H groups in total. The topological polar surface area (TPSA) is 61.2 Å². The highest BCUT2D eigenvalue weighted by molar-refractivity contribution is 5.73. The summed E-state index contributed by atoms with van der Waals surface area (Å²) in [5, 5.41) is 3.85. The maximum atomic E-state index is 11.4. The van der Waals surface area contributed by atoms with Gasteiger partial charge in [0.1, 0.15) is 0 Å². The predicted octanol–water partition coefficient (Wildman–Crippen LogP) is 0.286. The van der Waals surface area contributed by atoms with E-state index in [1.54, 1.807) is 13.8 Å². The minimum absolute atomic E-state index is 0.303. The number of ether oxygens (including phenoxy) is 1. The van der Waals surface area contributed by atoms with Crippen LogP contribution in [0.25, 0.3) is 0 Å². The molecule has 1 aromatic heterocycles. The van der Waals surface area contributed by atoms with Crippen LogP contribution in [-0.2, 0) is 9.53 Å². The molecule has 0 saturated carbocycles. The van der Waals surface area contributed by atoms with Crippen LogP contribution in [0.3, 0.4) is 0 Å². The van der Waals surface area contributed by atoms with E-state index in [2.05, 4.69) is 9.84 Å². The number of esters is 1. The lowest BCUT2D eigenvalue weighted by atomic mass is 10.3. The summed E-state index contributed by atoms with van der Waals surface area (Å²) < 4.78 is 5.61. The Morgan fingerprint density at radius 2 is 2.29 bits per heavy atom. The van der Waals surface area contributed by atoms with E-state index in [-0.39, 0.29) is 5.56 Å². The summed E-state index contributed by atoms with van der Waals surface area (Å²) in [7, 11) is 1.28. The summed E-state index contributed by atoms with van der Waals surface area (Å²) >= 11 is 0. The van der Waals surface area contributed by atoms with Gasteiger partial charge in [0.2, 0.25) is 0 Å². The van der Waals surface area contributed by atoms with Crippen LogP contribution in [0.15, 0.2) is 17.1 Å². The van der Waals surface area contributed by atoms with E-state index in [1.165, 1.54) is 19.4 Å². The fraction of sp³-hybridized carbons (Fsp3) is 0.444. The molecule has 5 heteroatoms. The average molecular weight is 196 g/mol. The third kappa shape index (κ3) is 1.99. The van der Waals surface area contributed by atoms with E-state index in [1.807, 2.05) is 0 Å². The van der Waals surface area contributed by atoms with Gasteiger partial charge in [-0.3, -0.25) is 4.79 Å². The number of hydrogen-bond acceptors (Lipinski definition) is 4. The minimum atomic E-state index is -0.687. The summed E-state index contributed by atoms with van der Waals surface area (Å²) in [6.45, 7) is 3.33. The molecule has 14 heavy (non-hydrogen) atoms. The largest absolute Gasteiger partial charge is 0.467 e. The third-order valence-corrected chi connectivity index (χ3v) is 1.87. The lowest BCUT2D eigenvalue weighted by Crippen LogP contribution is -2.30. The zero-order chi connectivity index (χ0) is 10.7. The van der Waals surface area contributed by atoms with Gasteiger partial charge in [0, 0.05) is 6.07 Å². The van der Waals surface area contributed by atoms with Crippen LogP contribution >= 0.6 is 0 Å². The number of methoxy groups -OCH3 is 1. The standard InChI is InChI=1S/C9H12N2O3/c1-6-4-8(12)11(10-5-6)7(2)9(13)14-3/h4-5,7H,1-3H3/t7-/m0/s1. The molecule has 0 aliphatic rings. The van der Waals surface area contributed by atoms with Crippen molar-refractivity contribution < 1.29 is 9.53 Å². The van der Waals surface area contributed by atoms with E-state index in [0.29, 0.717) is 0 Å². The molecule has 0 radical (unpaired) electrons. The molecule has 1 aromatic rings. The maximum absolute atomic E-state index is 11.4. The second kappa shape index (κ2) is 4.04. The molecule has 0 spiro atoms.